The molecule has 76 valence electrons. The first-order chi connectivity index (χ1) is 6.77. The van der Waals surface area contributed by atoms with Crippen molar-refractivity contribution in [2.45, 2.75) is 12.6 Å². The van der Waals surface area contributed by atoms with Crippen LogP contribution in [0.15, 0.2) is 18.2 Å². The Morgan fingerprint density at radius 3 is 2.43 bits per heavy atom. The van der Waals surface area contributed by atoms with E-state index < -0.39 is 11.6 Å². The number of ether oxygens (including phenoxy) is 1. The van der Waals surface area contributed by atoms with Gasteiger partial charge in [-0.1, -0.05) is 6.07 Å². The van der Waals surface area contributed by atoms with Gasteiger partial charge in [0.15, 0.2) is 0 Å². The lowest BCUT2D eigenvalue weighted by atomic mass is 10.1. The lowest BCUT2D eigenvalue weighted by Gasteiger charge is -2.27. The summed E-state index contributed by atoms with van der Waals surface area (Å²) in [5.41, 5.74) is 0.0967. The predicted octanol–water partition coefficient (Wildman–Crippen LogP) is 1.45. The highest BCUT2D eigenvalue weighted by Gasteiger charge is 2.18. The van der Waals surface area contributed by atoms with E-state index in [1.54, 1.807) is 0 Å². The maximum absolute atomic E-state index is 13.1. The fraction of sp³-hybridized carbons (Fsp3) is 0.400. The zero-order valence-corrected chi connectivity index (χ0v) is 7.59. The molecule has 0 atom stereocenters. The number of hydrogen-bond donors (Lipinski definition) is 1. The zero-order valence-electron chi connectivity index (χ0n) is 7.59. The highest BCUT2D eigenvalue weighted by atomic mass is 19.1. The van der Waals surface area contributed by atoms with Crippen LogP contribution in [0.2, 0.25) is 0 Å². The minimum atomic E-state index is -0.502. The minimum Gasteiger partial charge on any atom is -0.378 e. The van der Waals surface area contributed by atoms with Crippen molar-refractivity contribution in [2.24, 2.45) is 0 Å². The summed E-state index contributed by atoms with van der Waals surface area (Å²) in [6.07, 6.45) is 0. The van der Waals surface area contributed by atoms with E-state index in [4.69, 9.17) is 4.74 Å². The van der Waals surface area contributed by atoms with E-state index >= 15 is 0 Å². The van der Waals surface area contributed by atoms with Gasteiger partial charge in [0.25, 0.3) is 0 Å². The van der Waals surface area contributed by atoms with Gasteiger partial charge >= 0.3 is 0 Å². The Labute approximate surface area is 80.9 Å². The van der Waals surface area contributed by atoms with Gasteiger partial charge in [0.05, 0.1) is 19.3 Å². The van der Waals surface area contributed by atoms with Gasteiger partial charge in [0.2, 0.25) is 0 Å². The van der Waals surface area contributed by atoms with E-state index in [2.05, 4.69) is 5.32 Å². The molecule has 0 amide bonds. The number of halogens is 2. The van der Waals surface area contributed by atoms with Crippen LogP contribution in [0.3, 0.4) is 0 Å². The van der Waals surface area contributed by atoms with Crippen LogP contribution in [0.4, 0.5) is 8.78 Å². The Balaban J connectivity index is 2.00. The highest BCUT2D eigenvalue weighted by Crippen LogP contribution is 2.12. The Hall–Kier alpha value is -1.00. The molecule has 1 aliphatic heterocycles. The van der Waals surface area contributed by atoms with Gasteiger partial charge in [0, 0.05) is 12.1 Å². The van der Waals surface area contributed by atoms with Crippen molar-refractivity contribution in [1.82, 2.24) is 5.32 Å². The highest BCUT2D eigenvalue weighted by molar-refractivity contribution is 5.19. The fourth-order valence-electron chi connectivity index (χ4n) is 1.30. The molecule has 0 saturated carbocycles. The van der Waals surface area contributed by atoms with Crippen molar-refractivity contribution in [3.63, 3.8) is 0 Å². The molecule has 4 heteroatoms. The van der Waals surface area contributed by atoms with E-state index in [0.717, 1.165) is 0 Å². The summed E-state index contributed by atoms with van der Waals surface area (Å²) < 4.78 is 31.2. The zero-order chi connectivity index (χ0) is 9.97. The van der Waals surface area contributed by atoms with Crippen molar-refractivity contribution in [3.8, 4) is 0 Å². The number of hydrogen-bond acceptors (Lipinski definition) is 2. The lowest BCUT2D eigenvalue weighted by Crippen LogP contribution is -2.45. The van der Waals surface area contributed by atoms with Gasteiger partial charge in [0.1, 0.15) is 11.6 Å². The normalized spacial score (nSPS) is 16.7. The van der Waals surface area contributed by atoms with Gasteiger partial charge in [-0.05, 0) is 12.1 Å². The predicted molar refractivity (Wildman–Crippen MR) is 47.8 cm³/mol. The number of rotatable bonds is 3. The molecule has 0 aromatic heterocycles. The van der Waals surface area contributed by atoms with Crippen molar-refractivity contribution < 1.29 is 13.5 Å². The molecule has 0 spiro atoms. The molecule has 0 radical (unpaired) electrons. The van der Waals surface area contributed by atoms with Crippen LogP contribution in [-0.4, -0.2) is 19.3 Å². The molecule has 0 bridgehead atoms. The van der Waals surface area contributed by atoms with Crippen LogP contribution < -0.4 is 5.32 Å². The second kappa shape index (κ2) is 4.02. The van der Waals surface area contributed by atoms with Crippen LogP contribution >= 0.6 is 0 Å². The van der Waals surface area contributed by atoms with E-state index in [1.165, 1.54) is 18.2 Å². The summed E-state index contributed by atoms with van der Waals surface area (Å²) >= 11 is 0. The summed E-state index contributed by atoms with van der Waals surface area (Å²) in [6.45, 7) is 1.46. The van der Waals surface area contributed by atoms with Gasteiger partial charge in [-0.25, -0.2) is 8.78 Å². The summed E-state index contributed by atoms with van der Waals surface area (Å²) in [7, 11) is 0. The second-order valence-electron chi connectivity index (χ2n) is 3.32. The van der Waals surface area contributed by atoms with Crippen LogP contribution in [0.1, 0.15) is 5.56 Å². The molecule has 14 heavy (non-hydrogen) atoms. The Morgan fingerprint density at radius 1 is 1.29 bits per heavy atom. The van der Waals surface area contributed by atoms with Crippen LogP contribution in [0, 0.1) is 11.6 Å². The largest absolute Gasteiger partial charge is 0.378 e. The lowest BCUT2D eigenvalue weighted by molar-refractivity contribution is -0.00599. The van der Waals surface area contributed by atoms with Gasteiger partial charge in [-0.2, -0.15) is 0 Å². The molecule has 2 nitrogen and oxygen atoms in total. The van der Waals surface area contributed by atoms with E-state index in [0.29, 0.717) is 13.2 Å². The first-order valence-electron chi connectivity index (χ1n) is 4.51. The molecule has 2 rings (SSSR count). The molecule has 0 unspecified atom stereocenters. The van der Waals surface area contributed by atoms with Crippen molar-refractivity contribution in [1.29, 1.82) is 0 Å². The molecule has 0 aliphatic carbocycles. The third-order valence-corrected chi connectivity index (χ3v) is 2.27. The second-order valence-corrected chi connectivity index (χ2v) is 3.32. The SMILES string of the molecule is Fc1cccc(F)c1CNC1COC1. The first kappa shape index (κ1) is 9.55. The molecule has 1 heterocycles. The summed E-state index contributed by atoms with van der Waals surface area (Å²) in [5, 5.41) is 3.01. The molecule has 1 aromatic rings. The van der Waals surface area contributed by atoms with Gasteiger partial charge in [-0.3, -0.25) is 0 Å². The van der Waals surface area contributed by atoms with Gasteiger partial charge in [-0.15, -0.1) is 0 Å². The van der Waals surface area contributed by atoms with Crippen LogP contribution in [-0.2, 0) is 11.3 Å². The van der Waals surface area contributed by atoms with Crippen molar-refractivity contribution >= 4 is 0 Å². The summed E-state index contributed by atoms with van der Waals surface area (Å²) in [6, 6.07) is 4.11. The molecule has 1 aliphatic rings. The average molecular weight is 199 g/mol. The Morgan fingerprint density at radius 2 is 1.93 bits per heavy atom. The van der Waals surface area contributed by atoms with E-state index in [9.17, 15) is 8.78 Å². The Bertz CT molecular complexity index is 306. The molecular weight excluding hydrogens is 188 g/mol. The molecule has 1 aromatic carbocycles. The first-order valence-corrected chi connectivity index (χ1v) is 4.51. The quantitative estimate of drug-likeness (QED) is 0.795. The topological polar surface area (TPSA) is 21.3 Å². The van der Waals surface area contributed by atoms with Crippen molar-refractivity contribution in [2.75, 3.05) is 13.2 Å². The molecule has 1 fully saturated rings. The summed E-state index contributed by atoms with van der Waals surface area (Å²) in [4.78, 5) is 0. The van der Waals surface area contributed by atoms with Crippen LogP contribution in [0.5, 0.6) is 0 Å². The third kappa shape index (κ3) is 1.91. The number of benzene rings is 1. The molecular formula is C10H11F2NO. The van der Waals surface area contributed by atoms with E-state index in [1.807, 2.05) is 0 Å². The van der Waals surface area contributed by atoms with E-state index in [-0.39, 0.29) is 18.2 Å². The van der Waals surface area contributed by atoms with Crippen LogP contribution in [0.25, 0.3) is 0 Å². The standard InChI is InChI=1S/C10H11F2NO/c11-9-2-1-3-10(12)8(9)4-13-7-5-14-6-7/h1-3,7,13H,4-6H2. The molecule has 1 saturated heterocycles. The number of nitrogens with one attached hydrogen (secondary N) is 1. The smallest absolute Gasteiger partial charge is 0.130 e. The van der Waals surface area contributed by atoms with Gasteiger partial charge < -0.3 is 10.1 Å². The maximum atomic E-state index is 13.1. The minimum absolute atomic E-state index is 0.0967. The monoisotopic (exact) mass is 199 g/mol. The summed E-state index contributed by atoms with van der Waals surface area (Å²) in [5.74, 6) is -1.00. The maximum Gasteiger partial charge on any atom is 0.130 e. The van der Waals surface area contributed by atoms with Crippen molar-refractivity contribution in [3.05, 3.63) is 35.4 Å². The fourth-order valence-corrected chi connectivity index (χ4v) is 1.30. The average Bonchev–Trinajstić information content (AvgIpc) is 2.07. The Kier molecular flexibility index (Phi) is 2.74. The third-order valence-electron chi connectivity index (χ3n) is 2.27. The molecule has 1 N–H and O–H groups in total.